The fourth-order valence-corrected chi connectivity index (χ4v) is 3.86. The van der Waals surface area contributed by atoms with Crippen LogP contribution >= 0.6 is 0 Å². The van der Waals surface area contributed by atoms with Crippen LogP contribution in [-0.2, 0) is 19.1 Å². The molecule has 8 nitrogen and oxygen atoms in total. The predicted molar refractivity (Wildman–Crippen MR) is 110 cm³/mol. The second kappa shape index (κ2) is 7.62. The summed E-state index contributed by atoms with van der Waals surface area (Å²) in [6.07, 6.45) is 0. The fraction of sp³-hybridized carbons (Fsp3) is 0.273. The first-order valence-corrected chi connectivity index (χ1v) is 9.60. The number of imide groups is 1. The Morgan fingerprint density at radius 3 is 2.37 bits per heavy atom. The van der Waals surface area contributed by atoms with Crippen molar-refractivity contribution in [2.75, 3.05) is 23.6 Å². The summed E-state index contributed by atoms with van der Waals surface area (Å²) in [4.78, 5) is 40.5. The molecule has 2 aliphatic heterocycles. The Morgan fingerprint density at radius 1 is 1.03 bits per heavy atom. The van der Waals surface area contributed by atoms with Crippen LogP contribution in [0, 0.1) is 12.8 Å². The highest BCUT2D eigenvalue weighted by molar-refractivity contribution is 6.47. The molecule has 4 rings (SSSR count). The third-order valence-electron chi connectivity index (χ3n) is 5.22. The maximum absolute atomic E-state index is 13.5. The number of benzene rings is 2. The van der Waals surface area contributed by atoms with Crippen LogP contribution in [0.4, 0.5) is 11.4 Å². The maximum atomic E-state index is 13.5. The largest absolute Gasteiger partial charge is 0.495 e. The van der Waals surface area contributed by atoms with Crippen molar-refractivity contribution in [3.05, 3.63) is 54.1 Å². The number of fused-ring (bicyclic) bond motifs is 1. The van der Waals surface area contributed by atoms with Crippen molar-refractivity contribution in [3.63, 3.8) is 0 Å². The first-order chi connectivity index (χ1) is 14.5. The van der Waals surface area contributed by atoms with E-state index >= 15 is 0 Å². The van der Waals surface area contributed by atoms with Crippen molar-refractivity contribution < 1.29 is 23.9 Å². The molecule has 0 saturated carbocycles. The van der Waals surface area contributed by atoms with Crippen molar-refractivity contribution in [2.45, 2.75) is 19.9 Å². The lowest BCUT2D eigenvalue weighted by Crippen LogP contribution is -2.39. The predicted octanol–water partition coefficient (Wildman–Crippen LogP) is 2.30. The van der Waals surface area contributed by atoms with Crippen molar-refractivity contribution in [3.8, 4) is 5.75 Å². The van der Waals surface area contributed by atoms with Crippen LogP contribution in [-0.4, -0.2) is 43.3 Å². The van der Waals surface area contributed by atoms with Gasteiger partial charge in [-0.1, -0.05) is 30.3 Å². The SMILES string of the molecule is CCOC(=O)C1=NN(c2ccccc2C)[C@@H]2C(=O)N(c3ccccc3OC)C(=O)[C@H]12. The van der Waals surface area contributed by atoms with Crippen LogP contribution in [0.25, 0.3) is 0 Å². The third-order valence-corrected chi connectivity index (χ3v) is 5.22. The van der Waals surface area contributed by atoms with Crippen molar-refractivity contribution in [1.82, 2.24) is 0 Å². The number of carbonyl (C=O) groups is 3. The number of amides is 2. The first-order valence-electron chi connectivity index (χ1n) is 9.60. The molecule has 2 aromatic rings. The van der Waals surface area contributed by atoms with Crippen molar-refractivity contribution in [1.29, 1.82) is 0 Å². The third kappa shape index (κ3) is 2.92. The number of carbonyl (C=O) groups excluding carboxylic acids is 3. The molecular formula is C22H21N3O5. The van der Waals surface area contributed by atoms with Crippen LogP contribution in [0.5, 0.6) is 5.75 Å². The summed E-state index contributed by atoms with van der Waals surface area (Å²) < 4.78 is 10.5. The van der Waals surface area contributed by atoms with Gasteiger partial charge in [0.2, 0.25) is 5.91 Å². The minimum Gasteiger partial charge on any atom is -0.495 e. The average Bonchev–Trinajstić information content (AvgIpc) is 3.25. The average molecular weight is 407 g/mol. The summed E-state index contributed by atoms with van der Waals surface area (Å²) in [5.41, 5.74) is 1.77. The van der Waals surface area contributed by atoms with Gasteiger partial charge in [-0.3, -0.25) is 14.6 Å². The molecule has 2 atom stereocenters. The lowest BCUT2D eigenvalue weighted by molar-refractivity contribution is -0.136. The van der Waals surface area contributed by atoms with Crippen LogP contribution in [0.15, 0.2) is 53.6 Å². The minimum atomic E-state index is -1.05. The number of para-hydroxylation sites is 3. The summed E-state index contributed by atoms with van der Waals surface area (Å²) >= 11 is 0. The molecule has 154 valence electrons. The van der Waals surface area contributed by atoms with E-state index in [-0.39, 0.29) is 12.3 Å². The van der Waals surface area contributed by atoms with Gasteiger partial charge in [-0.15, -0.1) is 0 Å². The van der Waals surface area contributed by atoms with Gasteiger partial charge in [0.15, 0.2) is 5.71 Å². The molecule has 0 aliphatic carbocycles. The van der Waals surface area contributed by atoms with E-state index in [1.165, 1.54) is 12.1 Å². The molecule has 2 aliphatic rings. The highest BCUT2D eigenvalue weighted by Crippen LogP contribution is 2.41. The molecule has 1 fully saturated rings. The number of hydrazone groups is 1. The number of hydrogen-bond donors (Lipinski definition) is 0. The van der Waals surface area contributed by atoms with Gasteiger partial charge in [-0.05, 0) is 37.6 Å². The molecule has 2 aromatic carbocycles. The van der Waals surface area contributed by atoms with Gasteiger partial charge in [0, 0.05) is 0 Å². The molecule has 8 heteroatoms. The molecule has 2 amide bonds. The molecule has 0 radical (unpaired) electrons. The van der Waals surface area contributed by atoms with E-state index in [0.29, 0.717) is 17.1 Å². The Bertz CT molecular complexity index is 1060. The first kappa shape index (κ1) is 19.6. The van der Waals surface area contributed by atoms with Crippen LogP contribution in [0.2, 0.25) is 0 Å². The molecule has 30 heavy (non-hydrogen) atoms. The van der Waals surface area contributed by atoms with Crippen LogP contribution in [0.3, 0.4) is 0 Å². The van der Waals surface area contributed by atoms with Gasteiger partial charge in [0.25, 0.3) is 5.91 Å². The number of hydrogen-bond acceptors (Lipinski definition) is 7. The lowest BCUT2D eigenvalue weighted by Gasteiger charge is -2.24. The Hall–Kier alpha value is -3.68. The number of nitrogens with zero attached hydrogens (tertiary/aromatic N) is 3. The second-order valence-electron chi connectivity index (χ2n) is 6.94. The van der Waals surface area contributed by atoms with Gasteiger partial charge in [-0.25, -0.2) is 9.69 Å². The number of anilines is 2. The molecule has 0 unspecified atom stereocenters. The topological polar surface area (TPSA) is 88.5 Å². The van der Waals surface area contributed by atoms with E-state index in [9.17, 15) is 14.4 Å². The fourth-order valence-electron chi connectivity index (χ4n) is 3.86. The molecule has 2 heterocycles. The highest BCUT2D eigenvalue weighted by atomic mass is 16.5. The quantitative estimate of drug-likeness (QED) is 0.558. The number of rotatable bonds is 5. The maximum Gasteiger partial charge on any atom is 0.355 e. The Morgan fingerprint density at radius 2 is 1.70 bits per heavy atom. The molecule has 0 N–H and O–H groups in total. The van der Waals surface area contributed by atoms with Gasteiger partial charge in [-0.2, -0.15) is 5.10 Å². The lowest BCUT2D eigenvalue weighted by atomic mass is 9.97. The van der Waals surface area contributed by atoms with Gasteiger partial charge < -0.3 is 9.47 Å². The summed E-state index contributed by atoms with van der Waals surface area (Å²) in [6, 6.07) is 13.2. The smallest absolute Gasteiger partial charge is 0.355 e. The van der Waals surface area contributed by atoms with E-state index in [1.807, 2.05) is 25.1 Å². The number of methoxy groups -OCH3 is 1. The van der Waals surface area contributed by atoms with Gasteiger partial charge in [0.05, 0.1) is 25.1 Å². The Kier molecular flexibility index (Phi) is 4.99. The molecular weight excluding hydrogens is 386 g/mol. The number of ether oxygens (including phenoxy) is 2. The van der Waals surface area contributed by atoms with Gasteiger partial charge in [0.1, 0.15) is 17.7 Å². The van der Waals surface area contributed by atoms with Crippen LogP contribution < -0.4 is 14.6 Å². The van der Waals surface area contributed by atoms with Crippen molar-refractivity contribution in [2.24, 2.45) is 11.0 Å². The summed E-state index contributed by atoms with van der Waals surface area (Å²) in [5.74, 6) is -2.37. The normalized spacial score (nSPS) is 20.3. The molecule has 0 spiro atoms. The van der Waals surface area contributed by atoms with E-state index in [0.717, 1.165) is 10.5 Å². The zero-order valence-corrected chi connectivity index (χ0v) is 16.9. The number of aryl methyl sites for hydroxylation is 1. The number of esters is 1. The summed E-state index contributed by atoms with van der Waals surface area (Å²) in [5, 5.41) is 5.83. The molecule has 0 aromatic heterocycles. The van der Waals surface area contributed by atoms with E-state index in [2.05, 4.69) is 5.10 Å². The zero-order chi connectivity index (χ0) is 21.4. The summed E-state index contributed by atoms with van der Waals surface area (Å²) in [6.45, 7) is 3.69. The van der Waals surface area contributed by atoms with Crippen LogP contribution in [0.1, 0.15) is 12.5 Å². The molecule has 1 saturated heterocycles. The molecule has 0 bridgehead atoms. The standard InChI is InChI=1S/C22H21N3O5/c1-4-30-22(28)18-17-19(25(23-18)14-10-6-5-9-13(14)2)21(27)24(20(17)26)15-11-7-8-12-16(15)29-3/h5-12,17,19H,4H2,1-3H3/t17-,19+/m1/s1. The zero-order valence-electron chi connectivity index (χ0n) is 16.9. The van der Waals surface area contributed by atoms with E-state index in [1.54, 1.807) is 37.3 Å². The van der Waals surface area contributed by atoms with Gasteiger partial charge >= 0.3 is 5.97 Å². The van der Waals surface area contributed by atoms with Crippen molar-refractivity contribution >= 4 is 34.9 Å². The Labute approximate surface area is 173 Å². The van der Waals surface area contributed by atoms with E-state index in [4.69, 9.17) is 9.47 Å². The van der Waals surface area contributed by atoms with E-state index < -0.39 is 29.7 Å². The minimum absolute atomic E-state index is 0.0687. The monoisotopic (exact) mass is 407 g/mol. The second-order valence-corrected chi connectivity index (χ2v) is 6.94. The highest BCUT2D eigenvalue weighted by Gasteiger charge is 2.59. The summed E-state index contributed by atoms with van der Waals surface area (Å²) in [7, 11) is 1.47. The Balaban J connectivity index is 1.83.